The van der Waals surface area contributed by atoms with Crippen LogP contribution in [0.25, 0.3) is 0 Å². The second-order valence-electron chi connectivity index (χ2n) is 7.53. The summed E-state index contributed by atoms with van der Waals surface area (Å²) in [5, 5.41) is 3.11. The number of aryl methyl sites for hydroxylation is 1. The molecule has 2 aromatic rings. The van der Waals surface area contributed by atoms with Crippen LogP contribution in [0, 0.1) is 18.7 Å². The maximum Gasteiger partial charge on any atom is 0.224 e. The van der Waals surface area contributed by atoms with Crippen LogP contribution in [0.2, 0.25) is 0 Å². The van der Waals surface area contributed by atoms with Crippen molar-refractivity contribution in [2.45, 2.75) is 32.1 Å². The molecule has 2 aromatic carbocycles. The van der Waals surface area contributed by atoms with Crippen molar-refractivity contribution in [1.82, 2.24) is 10.2 Å². The molecule has 0 spiro atoms. The Morgan fingerprint density at radius 2 is 2.04 bits per heavy atom. The van der Waals surface area contributed by atoms with E-state index in [0.29, 0.717) is 6.54 Å². The number of carbonyl (C=O) groups is 1. The predicted molar refractivity (Wildman–Crippen MR) is 115 cm³/mol. The molecule has 0 bridgehead atoms. The van der Waals surface area contributed by atoms with E-state index in [1.807, 2.05) is 23.9 Å². The molecule has 1 heterocycles. The highest BCUT2D eigenvalue weighted by Crippen LogP contribution is 2.19. The van der Waals surface area contributed by atoms with Crippen LogP contribution in [0.3, 0.4) is 0 Å². The Labute approximate surface area is 171 Å². The molecule has 0 radical (unpaired) electrons. The van der Waals surface area contributed by atoms with Crippen molar-refractivity contribution in [3.05, 3.63) is 71.0 Å². The van der Waals surface area contributed by atoms with Gasteiger partial charge in [-0.1, -0.05) is 42.0 Å². The maximum atomic E-state index is 13.1. The molecular formula is C23H29FN2OS. The van der Waals surface area contributed by atoms with Gasteiger partial charge < -0.3 is 5.32 Å². The van der Waals surface area contributed by atoms with E-state index in [4.69, 9.17) is 0 Å². The van der Waals surface area contributed by atoms with E-state index >= 15 is 0 Å². The fourth-order valence-corrected chi connectivity index (χ4v) is 4.45. The van der Waals surface area contributed by atoms with E-state index in [9.17, 15) is 9.18 Å². The number of halogens is 1. The minimum absolute atomic E-state index is 0.0518. The molecule has 28 heavy (non-hydrogen) atoms. The van der Waals surface area contributed by atoms with Crippen LogP contribution in [0.4, 0.5) is 4.39 Å². The normalized spacial score (nSPS) is 17.4. The fraction of sp³-hybridized carbons (Fsp3) is 0.435. The monoisotopic (exact) mass is 400 g/mol. The lowest BCUT2D eigenvalue weighted by Gasteiger charge is -2.32. The topological polar surface area (TPSA) is 32.3 Å². The van der Waals surface area contributed by atoms with Crippen molar-refractivity contribution in [2.75, 3.05) is 25.4 Å². The molecule has 1 fully saturated rings. The minimum atomic E-state index is -0.208. The largest absolute Gasteiger partial charge is 0.355 e. The van der Waals surface area contributed by atoms with Crippen molar-refractivity contribution >= 4 is 17.7 Å². The number of likely N-dealkylation sites (tertiary alicyclic amines) is 1. The number of thioether (sulfide) groups is 1. The van der Waals surface area contributed by atoms with Crippen molar-refractivity contribution in [2.24, 2.45) is 5.92 Å². The van der Waals surface area contributed by atoms with Gasteiger partial charge in [0.1, 0.15) is 5.82 Å². The highest BCUT2D eigenvalue weighted by molar-refractivity contribution is 7.98. The summed E-state index contributed by atoms with van der Waals surface area (Å²) >= 11 is 1.85. The first kappa shape index (κ1) is 20.9. The van der Waals surface area contributed by atoms with Gasteiger partial charge in [0, 0.05) is 31.1 Å². The van der Waals surface area contributed by atoms with Crippen LogP contribution in [-0.2, 0) is 17.1 Å². The molecule has 3 rings (SSSR count). The molecule has 3 nitrogen and oxygen atoms in total. The molecule has 1 aliphatic rings. The van der Waals surface area contributed by atoms with Gasteiger partial charge in [0.05, 0.1) is 5.92 Å². The first-order valence-corrected chi connectivity index (χ1v) is 11.1. The van der Waals surface area contributed by atoms with Gasteiger partial charge >= 0.3 is 0 Å². The number of nitrogens with one attached hydrogen (secondary N) is 1. The number of hydrogen-bond donors (Lipinski definition) is 1. The van der Waals surface area contributed by atoms with Crippen molar-refractivity contribution in [3.8, 4) is 0 Å². The van der Waals surface area contributed by atoms with Crippen LogP contribution in [0.1, 0.15) is 29.5 Å². The average molecular weight is 401 g/mol. The number of carbonyl (C=O) groups excluding carboxylic acids is 1. The van der Waals surface area contributed by atoms with E-state index in [0.717, 1.165) is 49.5 Å². The molecule has 0 aliphatic carbocycles. The Hall–Kier alpha value is -1.85. The Morgan fingerprint density at radius 1 is 1.21 bits per heavy atom. The Bertz CT molecular complexity index is 765. The second-order valence-corrected chi connectivity index (χ2v) is 8.64. The first-order valence-electron chi connectivity index (χ1n) is 9.98. The zero-order valence-corrected chi connectivity index (χ0v) is 17.3. The van der Waals surface area contributed by atoms with Crippen LogP contribution in [0.15, 0.2) is 48.5 Å². The second kappa shape index (κ2) is 10.6. The molecular weight excluding hydrogens is 371 g/mol. The van der Waals surface area contributed by atoms with Crippen LogP contribution in [-0.4, -0.2) is 36.2 Å². The third kappa shape index (κ3) is 6.64. The summed E-state index contributed by atoms with van der Waals surface area (Å²) in [7, 11) is 0. The Balaban J connectivity index is 1.36. The number of nitrogens with zero attached hydrogens (tertiary/aromatic N) is 1. The lowest BCUT2D eigenvalue weighted by atomic mass is 9.96. The summed E-state index contributed by atoms with van der Waals surface area (Å²) in [6.45, 7) is 5.37. The van der Waals surface area contributed by atoms with Gasteiger partial charge in [-0.25, -0.2) is 4.39 Å². The summed E-state index contributed by atoms with van der Waals surface area (Å²) in [5.41, 5.74) is 3.71. The maximum absolute atomic E-state index is 13.1. The molecule has 1 amide bonds. The molecule has 150 valence electrons. The van der Waals surface area contributed by atoms with Gasteiger partial charge in [-0.2, -0.15) is 11.8 Å². The number of amides is 1. The zero-order valence-electron chi connectivity index (χ0n) is 16.5. The number of benzene rings is 2. The van der Waals surface area contributed by atoms with Gasteiger partial charge in [0.15, 0.2) is 0 Å². The third-order valence-corrected chi connectivity index (χ3v) is 6.12. The highest BCUT2D eigenvalue weighted by Gasteiger charge is 2.25. The summed E-state index contributed by atoms with van der Waals surface area (Å²) in [4.78, 5) is 14.8. The molecule has 1 aliphatic heterocycles. The van der Waals surface area contributed by atoms with Crippen molar-refractivity contribution < 1.29 is 9.18 Å². The third-order valence-electron chi connectivity index (χ3n) is 5.09. The van der Waals surface area contributed by atoms with Crippen LogP contribution < -0.4 is 5.32 Å². The number of piperidine rings is 1. The number of hydrogen-bond acceptors (Lipinski definition) is 3. The quantitative estimate of drug-likeness (QED) is 0.667. The Kier molecular flexibility index (Phi) is 7.92. The van der Waals surface area contributed by atoms with E-state index in [2.05, 4.69) is 41.4 Å². The van der Waals surface area contributed by atoms with Gasteiger partial charge in [-0.3, -0.25) is 9.69 Å². The van der Waals surface area contributed by atoms with Crippen molar-refractivity contribution in [3.63, 3.8) is 0 Å². The van der Waals surface area contributed by atoms with Gasteiger partial charge in [0.2, 0.25) is 5.91 Å². The standard InChI is InChI=1S/C23H29FN2OS/c1-18-4-2-5-20(14-18)17-28-13-11-25-23(27)21-6-3-12-26(16-21)15-19-7-9-22(24)10-8-19/h2,4-5,7-10,14,21H,3,6,11-13,15-17H2,1H3,(H,25,27). The molecule has 1 unspecified atom stereocenters. The smallest absolute Gasteiger partial charge is 0.224 e. The van der Waals surface area contributed by atoms with Gasteiger partial charge in [-0.05, 0) is 49.6 Å². The predicted octanol–water partition coefficient (Wildman–Crippen LogP) is 4.40. The highest BCUT2D eigenvalue weighted by atomic mass is 32.2. The van der Waals surface area contributed by atoms with E-state index in [1.165, 1.54) is 23.3 Å². The Morgan fingerprint density at radius 3 is 2.82 bits per heavy atom. The summed E-state index contributed by atoms with van der Waals surface area (Å²) < 4.78 is 13.1. The lowest BCUT2D eigenvalue weighted by molar-refractivity contribution is -0.126. The molecule has 5 heteroatoms. The molecule has 1 N–H and O–H groups in total. The zero-order chi connectivity index (χ0) is 19.8. The number of rotatable bonds is 8. The van der Waals surface area contributed by atoms with E-state index in [-0.39, 0.29) is 17.6 Å². The fourth-order valence-electron chi connectivity index (χ4n) is 3.64. The summed E-state index contributed by atoms with van der Waals surface area (Å²) in [5.74, 6) is 1.91. The molecule has 0 aromatic heterocycles. The summed E-state index contributed by atoms with van der Waals surface area (Å²) in [6.07, 6.45) is 1.98. The minimum Gasteiger partial charge on any atom is -0.355 e. The van der Waals surface area contributed by atoms with Crippen molar-refractivity contribution in [1.29, 1.82) is 0 Å². The lowest BCUT2D eigenvalue weighted by Crippen LogP contribution is -2.43. The molecule has 0 saturated carbocycles. The molecule has 1 atom stereocenters. The summed E-state index contributed by atoms with van der Waals surface area (Å²) in [6, 6.07) is 15.2. The first-order chi connectivity index (χ1) is 13.6. The average Bonchev–Trinajstić information content (AvgIpc) is 2.70. The van der Waals surface area contributed by atoms with Gasteiger partial charge in [0.25, 0.3) is 0 Å². The van der Waals surface area contributed by atoms with E-state index < -0.39 is 0 Å². The SMILES string of the molecule is Cc1cccc(CSCCNC(=O)C2CCCN(Cc3ccc(F)cc3)C2)c1. The van der Waals surface area contributed by atoms with E-state index in [1.54, 1.807) is 0 Å². The van der Waals surface area contributed by atoms with Crippen LogP contribution >= 0.6 is 11.8 Å². The van der Waals surface area contributed by atoms with Crippen LogP contribution in [0.5, 0.6) is 0 Å². The van der Waals surface area contributed by atoms with Gasteiger partial charge in [-0.15, -0.1) is 0 Å². The molecule has 1 saturated heterocycles.